The molecule has 0 fully saturated rings. The lowest BCUT2D eigenvalue weighted by Crippen LogP contribution is -2.57. The average Bonchev–Trinajstić information content (AvgIpc) is 3.32. The monoisotopic (exact) mass is 691 g/mol. The lowest BCUT2D eigenvalue weighted by Gasteiger charge is -2.27. The Balaban J connectivity index is 1.75. The molecular weight excluding hydrogens is 654 g/mol. The number of hydrogen-bond acceptors (Lipinski definition) is 8. The van der Waals surface area contributed by atoms with E-state index in [0.717, 1.165) is 34.6 Å². The molecule has 1 aliphatic rings. The van der Waals surface area contributed by atoms with Gasteiger partial charge in [-0.2, -0.15) is 0 Å². The summed E-state index contributed by atoms with van der Waals surface area (Å²) in [5.74, 6) is -5.07. The Bertz CT molecular complexity index is 1600. The topological polar surface area (TPSA) is 205 Å². The van der Waals surface area contributed by atoms with E-state index in [-0.39, 0.29) is 18.9 Å². The molecule has 4 atom stereocenters. The number of carboxylic acid groups (broad SMARTS) is 2. The molecule has 2 aromatic carbocycles. The summed E-state index contributed by atoms with van der Waals surface area (Å²) < 4.78 is 28.4. The van der Waals surface area contributed by atoms with Crippen molar-refractivity contribution in [1.29, 1.82) is 0 Å². The number of sulfone groups is 1. The summed E-state index contributed by atoms with van der Waals surface area (Å²) >= 11 is 5.80. The van der Waals surface area contributed by atoms with Gasteiger partial charge in [-0.25, -0.2) is 13.2 Å². The molecule has 13 nitrogen and oxygen atoms in total. The smallest absolute Gasteiger partial charge is 0.407 e. The number of rotatable bonds is 16. The molecule has 0 saturated heterocycles. The van der Waals surface area contributed by atoms with E-state index in [1.165, 1.54) is 0 Å². The number of alkyl carbamates (subject to hydrolysis) is 1. The van der Waals surface area contributed by atoms with Crippen LogP contribution in [0.25, 0.3) is 11.1 Å². The van der Waals surface area contributed by atoms with E-state index >= 15 is 0 Å². The van der Waals surface area contributed by atoms with Crippen LogP contribution in [-0.4, -0.2) is 79.5 Å². The number of fused-ring (bicyclic) bond motifs is 3. The largest absolute Gasteiger partial charge is 0.481 e. The van der Waals surface area contributed by atoms with Crippen molar-refractivity contribution in [2.24, 2.45) is 5.92 Å². The zero-order valence-corrected chi connectivity index (χ0v) is 27.6. The van der Waals surface area contributed by atoms with Crippen LogP contribution >= 0.6 is 11.6 Å². The summed E-state index contributed by atoms with van der Waals surface area (Å²) in [6.45, 7) is 3.32. The second kappa shape index (κ2) is 16.4. The van der Waals surface area contributed by atoms with Crippen LogP contribution < -0.4 is 16.0 Å². The molecule has 254 valence electrons. The number of halogens is 1. The first-order valence-corrected chi connectivity index (χ1v) is 17.1. The van der Waals surface area contributed by atoms with Crippen molar-refractivity contribution >= 4 is 51.3 Å². The minimum Gasteiger partial charge on any atom is -0.481 e. The van der Waals surface area contributed by atoms with E-state index in [4.69, 9.17) is 16.3 Å². The number of ether oxygens (including phenoxy) is 1. The van der Waals surface area contributed by atoms with Gasteiger partial charge in [0.05, 0.1) is 12.5 Å². The molecule has 15 heteroatoms. The van der Waals surface area contributed by atoms with Crippen LogP contribution in [0.5, 0.6) is 0 Å². The van der Waals surface area contributed by atoms with Crippen LogP contribution in [0, 0.1) is 5.92 Å². The second-order valence-corrected chi connectivity index (χ2v) is 13.9. The van der Waals surface area contributed by atoms with Crippen LogP contribution in [0.4, 0.5) is 4.79 Å². The number of carbonyl (C=O) groups excluding carboxylic acids is 3. The summed E-state index contributed by atoms with van der Waals surface area (Å²) in [5.41, 5.74) is 3.98. The Hall–Kier alpha value is -4.43. The van der Waals surface area contributed by atoms with Gasteiger partial charge in [-0.05, 0) is 40.7 Å². The fourth-order valence-corrected chi connectivity index (χ4v) is 5.73. The first-order chi connectivity index (χ1) is 22.1. The van der Waals surface area contributed by atoms with Crippen molar-refractivity contribution in [2.75, 3.05) is 12.9 Å². The highest BCUT2D eigenvalue weighted by Crippen LogP contribution is 2.44. The predicted octanol–water partition coefficient (Wildman–Crippen LogP) is 3.37. The zero-order valence-electron chi connectivity index (χ0n) is 26.1. The fourth-order valence-electron chi connectivity index (χ4n) is 5.17. The Labute approximate surface area is 277 Å². The minimum absolute atomic E-state index is 0.0560. The molecule has 0 saturated carbocycles. The van der Waals surface area contributed by atoms with Gasteiger partial charge < -0.3 is 30.9 Å². The third kappa shape index (κ3) is 10.3. The van der Waals surface area contributed by atoms with Gasteiger partial charge in [-0.1, -0.05) is 80.4 Å². The first-order valence-electron chi connectivity index (χ1n) is 14.9. The molecule has 0 heterocycles. The van der Waals surface area contributed by atoms with Crippen molar-refractivity contribution in [3.05, 3.63) is 70.1 Å². The Morgan fingerprint density at radius 1 is 0.915 bits per heavy atom. The highest BCUT2D eigenvalue weighted by atomic mass is 35.5. The van der Waals surface area contributed by atoms with Gasteiger partial charge in [0.1, 0.15) is 23.1 Å². The van der Waals surface area contributed by atoms with Gasteiger partial charge in [-0.3, -0.25) is 19.2 Å². The summed E-state index contributed by atoms with van der Waals surface area (Å²) in [4.78, 5) is 62.5. The number of carboxylic acids is 2. The lowest BCUT2D eigenvalue weighted by molar-refractivity contribution is -0.139. The van der Waals surface area contributed by atoms with Gasteiger partial charge >= 0.3 is 18.0 Å². The number of carbonyl (C=O) groups is 5. The SMILES string of the molecule is CCC(C)[C@H](NC(=O)[C@H](CCC(=O)O)NC(=O)OCC1c2ccccc2-c2ccccc21)C(=O)N[C@H](/C=C(\Cl)S(C)(=O)=O)CC(=O)O. The van der Waals surface area contributed by atoms with Crippen molar-refractivity contribution in [2.45, 2.75) is 63.6 Å². The average molecular weight is 692 g/mol. The number of amides is 3. The molecule has 0 bridgehead atoms. The van der Waals surface area contributed by atoms with Crippen LogP contribution in [0.15, 0.2) is 59.0 Å². The number of benzene rings is 2. The maximum atomic E-state index is 13.4. The molecule has 5 N–H and O–H groups in total. The molecule has 0 radical (unpaired) electrons. The van der Waals surface area contributed by atoms with Gasteiger partial charge in [0.15, 0.2) is 9.84 Å². The van der Waals surface area contributed by atoms with E-state index < -0.39 is 80.9 Å². The van der Waals surface area contributed by atoms with Gasteiger partial charge in [0, 0.05) is 18.6 Å². The predicted molar refractivity (Wildman–Crippen MR) is 173 cm³/mol. The molecule has 0 aromatic heterocycles. The zero-order chi connectivity index (χ0) is 34.9. The lowest BCUT2D eigenvalue weighted by atomic mass is 9.97. The summed E-state index contributed by atoms with van der Waals surface area (Å²) in [6, 6.07) is 11.4. The highest BCUT2D eigenvalue weighted by Gasteiger charge is 2.33. The maximum absolute atomic E-state index is 13.4. The third-order valence-corrected chi connectivity index (χ3v) is 9.61. The number of nitrogens with one attached hydrogen (secondary N) is 3. The van der Waals surface area contributed by atoms with Crippen molar-refractivity contribution in [1.82, 2.24) is 16.0 Å². The second-order valence-electron chi connectivity index (χ2n) is 11.3. The van der Waals surface area contributed by atoms with Gasteiger partial charge in [-0.15, -0.1) is 0 Å². The van der Waals surface area contributed by atoms with Crippen LogP contribution in [0.1, 0.15) is 56.6 Å². The minimum atomic E-state index is -3.89. The molecule has 2 aromatic rings. The molecule has 1 aliphatic carbocycles. The van der Waals surface area contributed by atoms with E-state index in [1.807, 2.05) is 48.5 Å². The molecule has 0 spiro atoms. The maximum Gasteiger partial charge on any atom is 0.407 e. The molecule has 3 rings (SSSR count). The van der Waals surface area contributed by atoms with Crippen molar-refractivity contribution in [3.8, 4) is 11.1 Å². The van der Waals surface area contributed by atoms with Crippen LogP contribution in [0.3, 0.4) is 0 Å². The Morgan fingerprint density at radius 2 is 1.49 bits per heavy atom. The molecule has 0 aliphatic heterocycles. The van der Waals surface area contributed by atoms with E-state index in [0.29, 0.717) is 6.42 Å². The van der Waals surface area contributed by atoms with Gasteiger partial charge in [0.25, 0.3) is 0 Å². The molecular formula is C32H38ClN3O10S. The van der Waals surface area contributed by atoms with Crippen molar-refractivity contribution in [3.63, 3.8) is 0 Å². The van der Waals surface area contributed by atoms with Crippen LogP contribution in [-0.2, 0) is 33.8 Å². The molecule has 3 amide bonds. The molecule has 1 unspecified atom stereocenters. The third-order valence-electron chi connectivity index (χ3n) is 7.80. The Morgan fingerprint density at radius 3 is 2.00 bits per heavy atom. The van der Waals surface area contributed by atoms with Crippen LogP contribution in [0.2, 0.25) is 0 Å². The number of aliphatic carboxylic acids is 2. The molecule has 47 heavy (non-hydrogen) atoms. The summed E-state index contributed by atoms with van der Waals surface area (Å²) in [7, 11) is -3.89. The number of hydrogen-bond donors (Lipinski definition) is 5. The van der Waals surface area contributed by atoms with E-state index in [9.17, 15) is 42.6 Å². The van der Waals surface area contributed by atoms with E-state index in [1.54, 1.807) is 13.8 Å². The first kappa shape index (κ1) is 37.0. The summed E-state index contributed by atoms with van der Waals surface area (Å²) in [5, 5.41) is 25.9. The fraction of sp³-hybridized carbons (Fsp3) is 0.406. The highest BCUT2D eigenvalue weighted by molar-refractivity contribution is 7.96. The van der Waals surface area contributed by atoms with Gasteiger partial charge in [0.2, 0.25) is 11.8 Å². The van der Waals surface area contributed by atoms with E-state index in [2.05, 4.69) is 16.0 Å². The van der Waals surface area contributed by atoms with Crippen molar-refractivity contribution < 1.29 is 47.3 Å². The standard InChI is InChI=1S/C32H38ClN3O10S/c1-4-18(2)29(31(42)34-19(16-28(39)40)15-26(33)47(3,44)45)36-30(41)25(13-14-27(37)38)35-32(43)46-17-24-22-11-7-5-9-20(22)21-10-6-8-12-23(21)24/h5-12,15,18-19,24-25,29H,4,13-14,16-17H2,1-3H3,(H,34,42)(H,35,43)(H,36,41)(H,37,38)(H,39,40)/b26-15+/t18?,19-,25+,29+/m1/s1. The normalized spacial score (nSPS) is 15.3. The summed E-state index contributed by atoms with van der Waals surface area (Å²) in [6.07, 6.45) is -0.415. The quantitative estimate of drug-likeness (QED) is 0.174. The Kier molecular flexibility index (Phi) is 12.9.